The molecule has 0 saturated carbocycles. The van der Waals surface area contributed by atoms with Crippen LogP contribution in [0.1, 0.15) is 10.6 Å². The third-order valence-corrected chi connectivity index (χ3v) is 2.46. The van der Waals surface area contributed by atoms with Crippen LogP contribution >= 0.6 is 23.8 Å². The number of hydrogen-bond acceptors (Lipinski definition) is 3. The summed E-state index contributed by atoms with van der Waals surface area (Å²) in [5.41, 5.74) is 0.792. The molecule has 2 aromatic rings. The Kier molecular flexibility index (Phi) is 3.96. The maximum absolute atomic E-state index is 11.7. The number of halogens is 1. The van der Waals surface area contributed by atoms with Crippen molar-refractivity contribution >= 4 is 40.5 Å². The molecule has 0 spiro atoms. The van der Waals surface area contributed by atoms with Gasteiger partial charge in [-0.25, -0.2) is 0 Å². The van der Waals surface area contributed by atoms with Crippen molar-refractivity contribution in [3.05, 3.63) is 53.4 Å². The van der Waals surface area contributed by atoms with Crippen molar-refractivity contribution in [2.75, 3.05) is 5.32 Å². The van der Waals surface area contributed by atoms with Gasteiger partial charge in [-0.2, -0.15) is 0 Å². The molecule has 0 radical (unpaired) electrons. The zero-order valence-electron chi connectivity index (χ0n) is 9.14. The molecule has 0 aliphatic carbocycles. The summed E-state index contributed by atoms with van der Waals surface area (Å²) in [4.78, 5) is 11.7. The Morgan fingerprint density at radius 3 is 2.50 bits per heavy atom. The number of thiocarbonyl (C=S) groups is 1. The minimum Gasteiger partial charge on any atom is -0.440 e. The maximum Gasteiger partial charge on any atom is 0.293 e. The highest BCUT2D eigenvalue weighted by atomic mass is 35.5. The monoisotopic (exact) mass is 280 g/mol. The largest absolute Gasteiger partial charge is 0.440 e. The molecule has 1 amide bonds. The number of benzene rings is 1. The van der Waals surface area contributed by atoms with Crippen LogP contribution in [0.5, 0.6) is 0 Å². The Hall–Kier alpha value is -1.85. The lowest BCUT2D eigenvalue weighted by Gasteiger charge is -2.07. The third kappa shape index (κ3) is 3.32. The van der Waals surface area contributed by atoms with Crippen molar-refractivity contribution < 1.29 is 9.21 Å². The van der Waals surface area contributed by atoms with Gasteiger partial charge >= 0.3 is 0 Å². The summed E-state index contributed by atoms with van der Waals surface area (Å²) >= 11 is 10.6. The SMILES string of the molecule is O=C(NC(=S)Nc1ccccc1)c1ccc(Cl)o1. The molecule has 1 heterocycles. The first-order chi connectivity index (χ1) is 8.65. The molecule has 0 fully saturated rings. The number of furan rings is 1. The Morgan fingerprint density at radius 1 is 1.17 bits per heavy atom. The van der Waals surface area contributed by atoms with Gasteiger partial charge in [0, 0.05) is 5.69 Å². The molecule has 2 N–H and O–H groups in total. The smallest absolute Gasteiger partial charge is 0.293 e. The van der Waals surface area contributed by atoms with Gasteiger partial charge in [0.05, 0.1) is 0 Å². The normalized spacial score (nSPS) is 9.83. The highest BCUT2D eigenvalue weighted by Gasteiger charge is 2.11. The summed E-state index contributed by atoms with van der Waals surface area (Å²) in [6.45, 7) is 0. The lowest BCUT2D eigenvalue weighted by Crippen LogP contribution is -2.33. The second-order valence-corrected chi connectivity index (χ2v) is 4.16. The Balaban J connectivity index is 1.94. The fourth-order valence-electron chi connectivity index (χ4n) is 1.28. The molecule has 92 valence electrons. The van der Waals surface area contributed by atoms with Crippen molar-refractivity contribution in [2.24, 2.45) is 0 Å². The summed E-state index contributed by atoms with van der Waals surface area (Å²) in [5.74, 6) is -0.340. The highest BCUT2D eigenvalue weighted by Crippen LogP contribution is 2.12. The first kappa shape index (κ1) is 12.6. The highest BCUT2D eigenvalue weighted by molar-refractivity contribution is 7.80. The summed E-state index contributed by atoms with van der Waals surface area (Å²) in [6.07, 6.45) is 0. The standard InChI is InChI=1S/C12H9ClN2O2S/c13-10-7-6-9(17-10)11(16)15-12(18)14-8-4-2-1-3-5-8/h1-7H,(H2,14,15,16,18). The minimum atomic E-state index is -0.449. The summed E-state index contributed by atoms with van der Waals surface area (Å²) in [5, 5.41) is 5.71. The summed E-state index contributed by atoms with van der Waals surface area (Å²) < 4.78 is 4.96. The Morgan fingerprint density at radius 2 is 1.89 bits per heavy atom. The molecule has 18 heavy (non-hydrogen) atoms. The van der Waals surface area contributed by atoms with Gasteiger partial charge in [-0.05, 0) is 48.1 Å². The average molecular weight is 281 g/mol. The van der Waals surface area contributed by atoms with E-state index in [0.717, 1.165) is 5.69 Å². The van der Waals surface area contributed by atoms with Crippen molar-refractivity contribution in [1.29, 1.82) is 0 Å². The van der Waals surface area contributed by atoms with E-state index >= 15 is 0 Å². The van der Waals surface area contributed by atoms with Gasteiger partial charge in [0.15, 0.2) is 16.1 Å². The van der Waals surface area contributed by atoms with E-state index in [2.05, 4.69) is 10.6 Å². The topological polar surface area (TPSA) is 54.3 Å². The van der Waals surface area contributed by atoms with Crippen LogP contribution in [0, 0.1) is 0 Å². The predicted octanol–water partition coefficient (Wildman–Crippen LogP) is 3.06. The number of nitrogens with one attached hydrogen (secondary N) is 2. The van der Waals surface area contributed by atoms with E-state index in [1.54, 1.807) is 0 Å². The molecule has 0 saturated heterocycles. The van der Waals surface area contributed by atoms with Gasteiger partial charge in [-0.1, -0.05) is 18.2 Å². The molecule has 6 heteroatoms. The number of carbonyl (C=O) groups excluding carboxylic acids is 1. The number of para-hydroxylation sites is 1. The molecule has 0 atom stereocenters. The average Bonchev–Trinajstić information content (AvgIpc) is 2.77. The molecule has 0 unspecified atom stereocenters. The number of anilines is 1. The van der Waals surface area contributed by atoms with Crippen molar-refractivity contribution in [3.63, 3.8) is 0 Å². The lowest BCUT2D eigenvalue weighted by atomic mass is 10.3. The molecule has 0 bridgehead atoms. The fourth-order valence-corrected chi connectivity index (χ4v) is 1.64. The van der Waals surface area contributed by atoms with E-state index in [9.17, 15) is 4.79 Å². The van der Waals surface area contributed by atoms with Gasteiger partial charge < -0.3 is 9.73 Å². The third-order valence-electron chi connectivity index (χ3n) is 2.06. The molecular weight excluding hydrogens is 272 g/mol. The molecule has 0 aliphatic rings. The lowest BCUT2D eigenvalue weighted by molar-refractivity contribution is 0.0951. The zero-order chi connectivity index (χ0) is 13.0. The summed E-state index contributed by atoms with van der Waals surface area (Å²) in [6, 6.07) is 12.2. The number of hydrogen-bond donors (Lipinski definition) is 2. The van der Waals surface area contributed by atoms with Crippen LogP contribution in [-0.2, 0) is 0 Å². The van der Waals surface area contributed by atoms with Crippen LogP contribution in [0.15, 0.2) is 46.9 Å². The van der Waals surface area contributed by atoms with Gasteiger partial charge in [0.1, 0.15) is 0 Å². The van der Waals surface area contributed by atoms with Crippen LogP contribution in [0.3, 0.4) is 0 Å². The van der Waals surface area contributed by atoms with Crippen LogP contribution in [0.4, 0.5) is 5.69 Å². The maximum atomic E-state index is 11.7. The van der Waals surface area contributed by atoms with E-state index in [0.29, 0.717) is 0 Å². The molecule has 1 aromatic heterocycles. The van der Waals surface area contributed by atoms with Crippen LogP contribution in [0.25, 0.3) is 0 Å². The van der Waals surface area contributed by atoms with Crippen molar-refractivity contribution in [2.45, 2.75) is 0 Å². The molecule has 2 rings (SSSR count). The van der Waals surface area contributed by atoms with Crippen LogP contribution < -0.4 is 10.6 Å². The van der Waals surface area contributed by atoms with E-state index in [1.807, 2.05) is 30.3 Å². The molecule has 0 aliphatic heterocycles. The van der Waals surface area contributed by atoms with Crippen molar-refractivity contribution in [1.82, 2.24) is 5.32 Å². The second kappa shape index (κ2) is 5.66. The van der Waals surface area contributed by atoms with E-state index in [-0.39, 0.29) is 16.1 Å². The van der Waals surface area contributed by atoms with E-state index in [4.69, 9.17) is 28.2 Å². The minimum absolute atomic E-state index is 0.109. The van der Waals surface area contributed by atoms with Gasteiger partial charge in [-0.15, -0.1) is 0 Å². The molecule has 1 aromatic carbocycles. The van der Waals surface area contributed by atoms with Gasteiger partial charge in [0.25, 0.3) is 5.91 Å². The first-order valence-corrected chi connectivity index (χ1v) is 5.86. The second-order valence-electron chi connectivity index (χ2n) is 3.38. The number of rotatable bonds is 2. The fraction of sp³-hybridized carbons (Fsp3) is 0. The number of amides is 1. The first-order valence-electron chi connectivity index (χ1n) is 5.08. The van der Waals surface area contributed by atoms with E-state index < -0.39 is 5.91 Å². The molecular formula is C12H9ClN2O2S. The predicted molar refractivity (Wildman–Crippen MR) is 73.8 cm³/mol. The summed E-state index contributed by atoms with van der Waals surface area (Å²) in [7, 11) is 0. The van der Waals surface area contributed by atoms with Crippen LogP contribution in [0.2, 0.25) is 5.22 Å². The van der Waals surface area contributed by atoms with Gasteiger partial charge in [0.2, 0.25) is 0 Å². The molecule has 4 nitrogen and oxygen atoms in total. The number of carbonyl (C=O) groups is 1. The Labute approximate surface area is 114 Å². The van der Waals surface area contributed by atoms with Crippen molar-refractivity contribution in [3.8, 4) is 0 Å². The van der Waals surface area contributed by atoms with Crippen LogP contribution in [-0.4, -0.2) is 11.0 Å². The van der Waals surface area contributed by atoms with E-state index in [1.165, 1.54) is 12.1 Å². The zero-order valence-corrected chi connectivity index (χ0v) is 10.7. The Bertz CT molecular complexity index is 568. The van der Waals surface area contributed by atoms with Gasteiger partial charge in [-0.3, -0.25) is 10.1 Å². The quantitative estimate of drug-likeness (QED) is 0.830.